The van der Waals surface area contributed by atoms with Crippen molar-refractivity contribution in [1.29, 1.82) is 0 Å². The monoisotopic (exact) mass is 214 g/mol. The molecule has 3 saturated heterocycles. The van der Waals surface area contributed by atoms with E-state index in [9.17, 15) is 9.59 Å². The molecule has 2 bridgehead atoms. The molecule has 0 unspecified atom stereocenters. The second kappa shape index (κ2) is 4.53. The van der Waals surface area contributed by atoms with Crippen molar-refractivity contribution in [2.45, 2.75) is 25.0 Å². The molecule has 3 heterocycles. The van der Waals surface area contributed by atoms with Gasteiger partial charge in [0.1, 0.15) is 0 Å². The number of carbonyl (C=O) groups is 2. The van der Waals surface area contributed by atoms with Crippen molar-refractivity contribution in [1.82, 2.24) is 0 Å². The average Bonchev–Trinajstić information content (AvgIpc) is 2.64. The Morgan fingerprint density at radius 3 is 1.79 bits per heavy atom. The molecule has 3 fully saturated rings. The van der Waals surface area contributed by atoms with E-state index >= 15 is 0 Å². The van der Waals surface area contributed by atoms with E-state index < -0.39 is 0 Å². The molecule has 0 aromatic rings. The maximum absolute atomic E-state index is 11.1. The summed E-state index contributed by atoms with van der Waals surface area (Å²) in [6.45, 7) is 0. The summed E-state index contributed by atoms with van der Waals surface area (Å²) >= 11 is 0. The molecular formula is C8H8Na2O4+2. The molecule has 4 nitrogen and oxygen atoms in total. The van der Waals surface area contributed by atoms with Gasteiger partial charge in [-0.2, -0.15) is 0 Å². The van der Waals surface area contributed by atoms with Crippen LogP contribution < -0.4 is 59.1 Å². The molecule has 0 N–H and O–H groups in total. The largest absolute Gasteiger partial charge is 1.00 e. The molecule has 6 heteroatoms. The Bertz CT molecular complexity index is 255. The summed E-state index contributed by atoms with van der Waals surface area (Å²) in [5, 5.41) is 0. The van der Waals surface area contributed by atoms with Gasteiger partial charge in [-0.3, -0.25) is 9.59 Å². The molecule has 0 aliphatic carbocycles. The van der Waals surface area contributed by atoms with Crippen LogP contribution in [0.25, 0.3) is 0 Å². The maximum Gasteiger partial charge on any atom is 1.00 e. The zero-order chi connectivity index (χ0) is 8.29. The molecule has 14 heavy (non-hydrogen) atoms. The van der Waals surface area contributed by atoms with Gasteiger partial charge in [-0.1, -0.05) is 0 Å². The topological polar surface area (TPSA) is 52.6 Å². The van der Waals surface area contributed by atoms with Crippen molar-refractivity contribution in [2.24, 2.45) is 11.8 Å². The summed E-state index contributed by atoms with van der Waals surface area (Å²) < 4.78 is 10.0. The number of fused-ring (bicyclic) bond motifs is 5. The first-order chi connectivity index (χ1) is 5.77. The Morgan fingerprint density at radius 1 is 0.929 bits per heavy atom. The van der Waals surface area contributed by atoms with E-state index in [1.165, 1.54) is 0 Å². The number of rotatable bonds is 0. The normalized spacial score (nSPS) is 42.6. The van der Waals surface area contributed by atoms with E-state index in [2.05, 4.69) is 4.74 Å². The van der Waals surface area contributed by atoms with E-state index in [4.69, 9.17) is 4.74 Å². The van der Waals surface area contributed by atoms with E-state index in [0.29, 0.717) is 0 Å². The third-order valence-electron chi connectivity index (χ3n) is 3.02. The number of hydrogen-bond acceptors (Lipinski definition) is 4. The zero-order valence-corrected chi connectivity index (χ0v) is 12.4. The second-order valence-electron chi connectivity index (χ2n) is 3.58. The molecule has 3 aliphatic heterocycles. The predicted molar refractivity (Wildman–Crippen MR) is 36.0 cm³/mol. The van der Waals surface area contributed by atoms with E-state index in [1.807, 2.05) is 0 Å². The summed E-state index contributed by atoms with van der Waals surface area (Å²) in [7, 11) is 0. The van der Waals surface area contributed by atoms with E-state index in [1.54, 1.807) is 0 Å². The molecule has 3 rings (SSSR count). The Morgan fingerprint density at radius 2 is 1.36 bits per heavy atom. The van der Waals surface area contributed by atoms with Gasteiger partial charge in [0, 0.05) is 0 Å². The maximum atomic E-state index is 11.1. The Labute approximate surface area is 126 Å². The van der Waals surface area contributed by atoms with Crippen LogP contribution in [0, 0.1) is 11.8 Å². The smallest absolute Gasteiger partial charge is 0.393 e. The minimum atomic E-state index is -0.378. The van der Waals surface area contributed by atoms with Crippen molar-refractivity contribution in [3.05, 3.63) is 0 Å². The van der Waals surface area contributed by atoms with Gasteiger partial charge >= 0.3 is 71.1 Å². The number of cyclic esters (lactones) is 2. The van der Waals surface area contributed by atoms with Crippen LogP contribution in [0.1, 0.15) is 12.8 Å². The standard InChI is InChI=1S/C8H8O4.2Na/c9-7-5-3-1-2-4(11-3)6(5)8(10)12-7;;/h3-6H,1-2H2;;/q;2*+1/t3-,4-,5-,6+;;/m1../s1. The van der Waals surface area contributed by atoms with E-state index in [0.717, 1.165) is 12.8 Å². The van der Waals surface area contributed by atoms with Gasteiger partial charge in [-0.15, -0.1) is 0 Å². The number of carbonyl (C=O) groups excluding carboxylic acids is 2. The summed E-state index contributed by atoms with van der Waals surface area (Å²) in [6, 6.07) is 0. The van der Waals surface area contributed by atoms with E-state index in [-0.39, 0.29) is 95.1 Å². The summed E-state index contributed by atoms with van der Waals surface area (Å²) in [5.41, 5.74) is 0. The summed E-state index contributed by atoms with van der Waals surface area (Å²) in [4.78, 5) is 22.3. The Hall–Kier alpha value is 1.10. The molecule has 4 atom stereocenters. The quantitative estimate of drug-likeness (QED) is 0.229. The van der Waals surface area contributed by atoms with Gasteiger partial charge in [0.05, 0.1) is 24.0 Å². The van der Waals surface area contributed by atoms with Crippen LogP contribution in [0.4, 0.5) is 0 Å². The first-order valence-electron chi connectivity index (χ1n) is 4.18. The van der Waals surface area contributed by atoms with Gasteiger partial charge in [-0.05, 0) is 12.8 Å². The number of hydrogen-bond donors (Lipinski definition) is 0. The molecule has 0 radical (unpaired) electrons. The van der Waals surface area contributed by atoms with Gasteiger partial charge in [0.15, 0.2) is 0 Å². The summed E-state index contributed by atoms with van der Waals surface area (Å²) in [5.74, 6) is -1.32. The Balaban J connectivity index is 0.000000490. The molecule has 0 saturated carbocycles. The van der Waals surface area contributed by atoms with Crippen molar-refractivity contribution < 1.29 is 78.2 Å². The van der Waals surface area contributed by atoms with Crippen LogP contribution in [-0.4, -0.2) is 24.1 Å². The fourth-order valence-corrected chi connectivity index (χ4v) is 2.51. The molecule has 0 aromatic heterocycles. The molecule has 3 aliphatic rings. The van der Waals surface area contributed by atoms with Crippen LogP contribution in [0.15, 0.2) is 0 Å². The average molecular weight is 214 g/mol. The third-order valence-corrected chi connectivity index (χ3v) is 3.02. The zero-order valence-electron chi connectivity index (χ0n) is 8.36. The first kappa shape index (κ1) is 13.2. The molecule has 0 aromatic carbocycles. The molecule has 0 spiro atoms. The number of esters is 2. The van der Waals surface area contributed by atoms with Gasteiger partial charge in [-0.25, -0.2) is 0 Å². The van der Waals surface area contributed by atoms with Crippen LogP contribution in [0.5, 0.6) is 0 Å². The SMILES string of the molecule is O=C1OC(=O)[C@H]2[C@@H]1[C@H]1CC[C@H]2O1.[Na+].[Na+]. The van der Waals surface area contributed by atoms with Gasteiger partial charge in [0.25, 0.3) is 0 Å². The first-order valence-corrected chi connectivity index (χ1v) is 4.18. The summed E-state index contributed by atoms with van der Waals surface area (Å²) in [6.07, 6.45) is 1.71. The molecule has 0 amide bonds. The molecule has 64 valence electrons. The van der Waals surface area contributed by atoms with Crippen LogP contribution in [0.2, 0.25) is 0 Å². The van der Waals surface area contributed by atoms with Crippen LogP contribution in [-0.2, 0) is 19.1 Å². The minimum absolute atomic E-state index is 0. The fourth-order valence-electron chi connectivity index (χ4n) is 2.51. The van der Waals surface area contributed by atoms with Crippen LogP contribution >= 0.6 is 0 Å². The predicted octanol–water partition coefficient (Wildman–Crippen LogP) is -6.13. The third kappa shape index (κ3) is 1.65. The van der Waals surface area contributed by atoms with Crippen LogP contribution in [0.3, 0.4) is 0 Å². The van der Waals surface area contributed by atoms with Crippen molar-refractivity contribution in [2.75, 3.05) is 0 Å². The second-order valence-corrected chi connectivity index (χ2v) is 3.58. The Kier molecular flexibility index (Phi) is 4.26. The van der Waals surface area contributed by atoms with Gasteiger partial charge < -0.3 is 9.47 Å². The van der Waals surface area contributed by atoms with Crippen molar-refractivity contribution in [3.8, 4) is 0 Å². The number of ether oxygens (including phenoxy) is 2. The van der Waals surface area contributed by atoms with Crippen molar-refractivity contribution in [3.63, 3.8) is 0 Å². The van der Waals surface area contributed by atoms with Gasteiger partial charge in [0.2, 0.25) is 0 Å². The van der Waals surface area contributed by atoms with Crippen molar-refractivity contribution >= 4 is 11.9 Å². The minimum Gasteiger partial charge on any atom is -0.393 e. The fraction of sp³-hybridized carbons (Fsp3) is 0.750. The molecular weight excluding hydrogens is 206 g/mol.